The van der Waals surface area contributed by atoms with Crippen LogP contribution in [0.3, 0.4) is 0 Å². The lowest BCUT2D eigenvalue weighted by molar-refractivity contribution is 0.168. The second kappa shape index (κ2) is 3.99. The SMILES string of the molecule is N=c1c(F)c(N2CCCCC2)nc(N)n1O. The maximum atomic E-state index is 13.7. The minimum atomic E-state index is -0.835. The first-order chi connectivity index (χ1) is 7.61. The van der Waals surface area contributed by atoms with Gasteiger partial charge in [0.2, 0.25) is 17.3 Å². The van der Waals surface area contributed by atoms with E-state index >= 15 is 0 Å². The van der Waals surface area contributed by atoms with Gasteiger partial charge in [0.25, 0.3) is 0 Å². The van der Waals surface area contributed by atoms with Crippen LogP contribution in [0.4, 0.5) is 16.2 Å². The third-order valence-electron chi connectivity index (χ3n) is 2.71. The molecule has 0 radical (unpaired) electrons. The average molecular weight is 227 g/mol. The number of anilines is 2. The van der Waals surface area contributed by atoms with E-state index in [0.717, 1.165) is 19.3 Å². The summed E-state index contributed by atoms with van der Waals surface area (Å²) in [6, 6.07) is 0. The Labute approximate surface area is 91.6 Å². The number of aromatic nitrogens is 2. The number of nitrogen functional groups attached to an aromatic ring is 1. The van der Waals surface area contributed by atoms with Gasteiger partial charge in [-0.2, -0.15) is 9.37 Å². The molecular formula is C9H14FN5O. The summed E-state index contributed by atoms with van der Waals surface area (Å²) in [6.07, 6.45) is 3.07. The van der Waals surface area contributed by atoms with Crippen molar-refractivity contribution in [2.75, 3.05) is 23.7 Å². The molecular weight excluding hydrogens is 213 g/mol. The zero-order chi connectivity index (χ0) is 11.7. The molecule has 88 valence electrons. The molecule has 4 N–H and O–H groups in total. The molecule has 0 aliphatic carbocycles. The first-order valence-electron chi connectivity index (χ1n) is 5.18. The maximum Gasteiger partial charge on any atom is 0.238 e. The minimum absolute atomic E-state index is 0.0625. The maximum absolute atomic E-state index is 13.7. The van der Waals surface area contributed by atoms with E-state index in [1.165, 1.54) is 0 Å². The molecule has 0 saturated carbocycles. The summed E-state index contributed by atoms with van der Waals surface area (Å²) in [4.78, 5) is 5.54. The Bertz CT molecular complexity index is 452. The average Bonchev–Trinajstić information content (AvgIpc) is 2.32. The van der Waals surface area contributed by atoms with Gasteiger partial charge in [-0.15, -0.1) is 4.73 Å². The van der Waals surface area contributed by atoms with Crippen molar-refractivity contribution < 1.29 is 9.60 Å². The fourth-order valence-corrected chi connectivity index (χ4v) is 1.83. The van der Waals surface area contributed by atoms with Crippen LogP contribution in [0.1, 0.15) is 19.3 Å². The summed E-state index contributed by atoms with van der Waals surface area (Å²) >= 11 is 0. The van der Waals surface area contributed by atoms with Crippen LogP contribution in [-0.2, 0) is 0 Å². The van der Waals surface area contributed by atoms with Gasteiger partial charge in [0, 0.05) is 13.1 Å². The van der Waals surface area contributed by atoms with Crippen molar-refractivity contribution >= 4 is 11.8 Å². The normalized spacial score (nSPS) is 16.4. The van der Waals surface area contributed by atoms with E-state index in [2.05, 4.69) is 4.98 Å². The number of hydrogen-bond donors (Lipinski definition) is 3. The first-order valence-corrected chi connectivity index (χ1v) is 5.18. The predicted octanol–water partition coefficient (Wildman–Crippen LogP) is 0.311. The summed E-state index contributed by atoms with van der Waals surface area (Å²) < 4.78 is 13.9. The standard InChI is InChI=1S/C9H14FN5O/c10-6-7(11)15(16)9(12)13-8(6)14-4-2-1-3-5-14/h11,16H,1-5H2,(H2,12,13). The molecule has 0 bridgehead atoms. The monoisotopic (exact) mass is 227 g/mol. The van der Waals surface area contributed by atoms with Crippen molar-refractivity contribution in [1.82, 2.24) is 9.71 Å². The van der Waals surface area contributed by atoms with Gasteiger partial charge in [0.05, 0.1) is 0 Å². The molecule has 1 aromatic heterocycles. The van der Waals surface area contributed by atoms with Crippen LogP contribution in [0, 0.1) is 11.2 Å². The van der Waals surface area contributed by atoms with Gasteiger partial charge in [-0.3, -0.25) is 5.41 Å². The number of nitrogens with zero attached hydrogens (tertiary/aromatic N) is 3. The van der Waals surface area contributed by atoms with Crippen molar-refractivity contribution in [3.05, 3.63) is 11.3 Å². The topological polar surface area (TPSA) is 91.2 Å². The largest absolute Gasteiger partial charge is 0.423 e. The molecule has 1 aromatic rings. The van der Waals surface area contributed by atoms with E-state index in [1.54, 1.807) is 4.90 Å². The molecule has 1 aliphatic heterocycles. The van der Waals surface area contributed by atoms with Crippen LogP contribution in [0.5, 0.6) is 0 Å². The summed E-state index contributed by atoms with van der Waals surface area (Å²) in [5.74, 6) is -1.04. The molecule has 0 amide bonds. The first kappa shape index (κ1) is 10.7. The molecule has 1 aliphatic rings. The summed E-state index contributed by atoms with van der Waals surface area (Å²) in [6.45, 7) is 1.41. The molecule has 2 rings (SSSR count). The minimum Gasteiger partial charge on any atom is -0.423 e. The highest BCUT2D eigenvalue weighted by Gasteiger charge is 2.19. The number of nitrogens with one attached hydrogen (secondary N) is 1. The molecule has 0 aromatic carbocycles. The van der Waals surface area contributed by atoms with Gasteiger partial charge < -0.3 is 15.8 Å². The summed E-state index contributed by atoms with van der Waals surface area (Å²) in [7, 11) is 0. The Hall–Kier alpha value is -1.79. The van der Waals surface area contributed by atoms with Crippen molar-refractivity contribution in [1.29, 1.82) is 5.41 Å². The molecule has 0 atom stereocenters. The number of nitrogens with two attached hydrogens (primary N) is 1. The highest BCUT2D eigenvalue weighted by atomic mass is 19.1. The Kier molecular flexibility index (Phi) is 2.67. The molecule has 0 spiro atoms. The number of halogens is 1. The third-order valence-corrected chi connectivity index (χ3v) is 2.71. The fraction of sp³-hybridized carbons (Fsp3) is 0.556. The lowest BCUT2D eigenvalue weighted by Gasteiger charge is -2.28. The molecule has 6 nitrogen and oxygen atoms in total. The number of rotatable bonds is 1. The Morgan fingerprint density at radius 3 is 2.56 bits per heavy atom. The van der Waals surface area contributed by atoms with Crippen LogP contribution in [-0.4, -0.2) is 28.0 Å². The Balaban J connectivity index is 2.44. The van der Waals surface area contributed by atoms with E-state index in [1.807, 2.05) is 0 Å². The second-order valence-corrected chi connectivity index (χ2v) is 3.82. The van der Waals surface area contributed by atoms with Crippen LogP contribution < -0.4 is 16.1 Å². The zero-order valence-corrected chi connectivity index (χ0v) is 8.78. The highest BCUT2D eigenvalue weighted by Crippen LogP contribution is 2.19. The van der Waals surface area contributed by atoms with Crippen LogP contribution in [0.2, 0.25) is 0 Å². The van der Waals surface area contributed by atoms with Gasteiger partial charge in [-0.05, 0) is 19.3 Å². The fourth-order valence-electron chi connectivity index (χ4n) is 1.83. The second-order valence-electron chi connectivity index (χ2n) is 3.82. The van der Waals surface area contributed by atoms with E-state index in [0.29, 0.717) is 13.1 Å². The van der Waals surface area contributed by atoms with Crippen LogP contribution in [0.15, 0.2) is 0 Å². The zero-order valence-electron chi connectivity index (χ0n) is 8.78. The van der Waals surface area contributed by atoms with Gasteiger partial charge in [0.1, 0.15) is 0 Å². The van der Waals surface area contributed by atoms with Crippen LogP contribution >= 0.6 is 0 Å². The van der Waals surface area contributed by atoms with Gasteiger partial charge in [-0.25, -0.2) is 0 Å². The molecule has 7 heteroatoms. The van der Waals surface area contributed by atoms with E-state index in [-0.39, 0.29) is 16.5 Å². The molecule has 1 saturated heterocycles. The predicted molar refractivity (Wildman–Crippen MR) is 55.7 cm³/mol. The van der Waals surface area contributed by atoms with Crippen LogP contribution in [0.25, 0.3) is 0 Å². The Morgan fingerprint density at radius 1 is 1.31 bits per heavy atom. The molecule has 0 unspecified atom stereocenters. The molecule has 2 heterocycles. The smallest absolute Gasteiger partial charge is 0.238 e. The van der Waals surface area contributed by atoms with Crippen molar-refractivity contribution in [2.24, 2.45) is 0 Å². The van der Waals surface area contributed by atoms with Gasteiger partial charge in [-0.1, -0.05) is 0 Å². The highest BCUT2D eigenvalue weighted by molar-refractivity contribution is 5.42. The summed E-state index contributed by atoms with van der Waals surface area (Å²) in [5.41, 5.74) is 4.73. The lowest BCUT2D eigenvalue weighted by Crippen LogP contribution is -2.35. The van der Waals surface area contributed by atoms with Crippen molar-refractivity contribution in [3.63, 3.8) is 0 Å². The molecule has 1 fully saturated rings. The molecule has 16 heavy (non-hydrogen) atoms. The summed E-state index contributed by atoms with van der Waals surface area (Å²) in [5, 5.41) is 16.5. The Morgan fingerprint density at radius 2 is 1.94 bits per heavy atom. The quantitative estimate of drug-likeness (QED) is 0.602. The van der Waals surface area contributed by atoms with Gasteiger partial charge in [0.15, 0.2) is 5.82 Å². The van der Waals surface area contributed by atoms with E-state index < -0.39 is 11.3 Å². The number of piperidine rings is 1. The van der Waals surface area contributed by atoms with Gasteiger partial charge >= 0.3 is 0 Å². The number of hydrogen-bond acceptors (Lipinski definition) is 5. The van der Waals surface area contributed by atoms with Crippen molar-refractivity contribution in [3.8, 4) is 0 Å². The third kappa shape index (κ3) is 1.68. The van der Waals surface area contributed by atoms with E-state index in [4.69, 9.17) is 11.1 Å². The van der Waals surface area contributed by atoms with Crippen molar-refractivity contribution in [2.45, 2.75) is 19.3 Å². The van der Waals surface area contributed by atoms with E-state index in [9.17, 15) is 9.60 Å². The lowest BCUT2D eigenvalue weighted by atomic mass is 10.1.